The van der Waals surface area contributed by atoms with Crippen molar-refractivity contribution in [3.05, 3.63) is 29.6 Å². The highest BCUT2D eigenvalue weighted by Gasteiger charge is 2.24. The van der Waals surface area contributed by atoms with Crippen LogP contribution in [-0.4, -0.2) is 36.9 Å². The second-order valence-electron chi connectivity index (χ2n) is 4.76. The van der Waals surface area contributed by atoms with Gasteiger partial charge in [-0.3, -0.25) is 4.79 Å². The monoisotopic (exact) mass is 285 g/mol. The molecular formula is C14H17ClFNO2. The van der Waals surface area contributed by atoms with E-state index in [1.807, 2.05) is 0 Å². The van der Waals surface area contributed by atoms with Gasteiger partial charge >= 0.3 is 0 Å². The fourth-order valence-corrected chi connectivity index (χ4v) is 2.60. The summed E-state index contributed by atoms with van der Waals surface area (Å²) in [5.74, 6) is 0.458. The first kappa shape index (κ1) is 14.1. The second kappa shape index (κ2) is 6.24. The number of rotatable bonds is 3. The van der Waals surface area contributed by atoms with Gasteiger partial charge in [0, 0.05) is 24.5 Å². The number of carbonyl (C=O) groups excluding carboxylic acids is 1. The number of likely N-dealkylation sites (tertiary alicyclic amines) is 1. The lowest BCUT2D eigenvalue weighted by Gasteiger charge is -2.32. The van der Waals surface area contributed by atoms with E-state index in [1.165, 1.54) is 25.3 Å². The van der Waals surface area contributed by atoms with E-state index in [0.717, 1.165) is 19.4 Å². The van der Waals surface area contributed by atoms with Gasteiger partial charge in [0.25, 0.3) is 5.91 Å². The predicted molar refractivity (Wildman–Crippen MR) is 72.3 cm³/mol. The third kappa shape index (κ3) is 3.18. The standard InChI is InChI=1S/C14H17ClFNO2/c1-19-13-7-11(4-5-12(13)16)14(18)17-6-2-3-10(8-15)9-17/h4-5,7,10H,2-3,6,8-9H2,1H3. The third-order valence-corrected chi connectivity index (χ3v) is 3.86. The summed E-state index contributed by atoms with van der Waals surface area (Å²) in [5, 5.41) is 0. The highest BCUT2D eigenvalue weighted by molar-refractivity contribution is 6.18. The number of piperidine rings is 1. The zero-order valence-corrected chi connectivity index (χ0v) is 11.6. The zero-order valence-electron chi connectivity index (χ0n) is 10.9. The lowest BCUT2D eigenvalue weighted by Crippen LogP contribution is -2.40. The Balaban J connectivity index is 2.14. The van der Waals surface area contributed by atoms with Gasteiger partial charge in [0.1, 0.15) is 0 Å². The molecule has 0 aliphatic carbocycles. The van der Waals surface area contributed by atoms with E-state index in [-0.39, 0.29) is 11.7 Å². The number of amides is 1. The fraction of sp³-hybridized carbons (Fsp3) is 0.500. The van der Waals surface area contributed by atoms with Crippen molar-refractivity contribution >= 4 is 17.5 Å². The van der Waals surface area contributed by atoms with Crippen LogP contribution in [0.3, 0.4) is 0 Å². The molecule has 1 aliphatic heterocycles. The van der Waals surface area contributed by atoms with Crippen LogP contribution in [0.25, 0.3) is 0 Å². The van der Waals surface area contributed by atoms with Gasteiger partial charge in [-0.25, -0.2) is 4.39 Å². The Kier molecular flexibility index (Phi) is 4.64. The summed E-state index contributed by atoms with van der Waals surface area (Å²) < 4.78 is 18.2. The normalized spacial score (nSPS) is 19.3. The summed E-state index contributed by atoms with van der Waals surface area (Å²) in [6.45, 7) is 1.40. The molecule has 5 heteroatoms. The Bertz CT molecular complexity index is 467. The van der Waals surface area contributed by atoms with E-state index in [9.17, 15) is 9.18 Å². The first-order chi connectivity index (χ1) is 9.15. The predicted octanol–water partition coefficient (Wildman–Crippen LogP) is 2.93. The fourth-order valence-electron chi connectivity index (χ4n) is 2.35. The van der Waals surface area contributed by atoms with Crippen LogP contribution in [0.15, 0.2) is 18.2 Å². The molecule has 0 aromatic heterocycles. The first-order valence-corrected chi connectivity index (χ1v) is 6.88. The maximum absolute atomic E-state index is 13.3. The molecule has 0 bridgehead atoms. The summed E-state index contributed by atoms with van der Waals surface area (Å²) >= 11 is 5.86. The van der Waals surface area contributed by atoms with Crippen LogP contribution < -0.4 is 4.74 Å². The summed E-state index contributed by atoms with van der Waals surface area (Å²) in [4.78, 5) is 14.1. The Hall–Kier alpha value is -1.29. The molecule has 0 spiro atoms. The van der Waals surface area contributed by atoms with Crippen molar-refractivity contribution in [3.8, 4) is 5.75 Å². The van der Waals surface area contributed by atoms with Crippen molar-refractivity contribution in [3.63, 3.8) is 0 Å². The van der Waals surface area contributed by atoms with Crippen LogP contribution in [0.1, 0.15) is 23.2 Å². The van der Waals surface area contributed by atoms with Crippen molar-refractivity contribution in [1.82, 2.24) is 4.90 Å². The smallest absolute Gasteiger partial charge is 0.254 e. The average molecular weight is 286 g/mol. The highest BCUT2D eigenvalue weighted by atomic mass is 35.5. The molecule has 104 valence electrons. The molecule has 1 aromatic rings. The Morgan fingerprint density at radius 3 is 3.05 bits per heavy atom. The lowest BCUT2D eigenvalue weighted by molar-refractivity contribution is 0.0684. The Morgan fingerprint density at radius 1 is 1.58 bits per heavy atom. The molecule has 1 unspecified atom stereocenters. The maximum atomic E-state index is 13.3. The van der Waals surface area contributed by atoms with Crippen molar-refractivity contribution in [2.75, 3.05) is 26.1 Å². The zero-order chi connectivity index (χ0) is 13.8. The van der Waals surface area contributed by atoms with Gasteiger partial charge in [-0.05, 0) is 37.0 Å². The van der Waals surface area contributed by atoms with Crippen LogP contribution in [0, 0.1) is 11.7 Å². The molecule has 0 saturated carbocycles. The molecule has 1 saturated heterocycles. The SMILES string of the molecule is COc1cc(C(=O)N2CCCC(CCl)C2)ccc1F. The molecule has 2 rings (SSSR count). The van der Waals surface area contributed by atoms with E-state index in [1.54, 1.807) is 4.90 Å². The number of ether oxygens (including phenoxy) is 1. The number of benzene rings is 1. The topological polar surface area (TPSA) is 29.5 Å². The van der Waals surface area contributed by atoms with Gasteiger partial charge in [0.2, 0.25) is 0 Å². The molecule has 1 atom stereocenters. The van der Waals surface area contributed by atoms with Gasteiger partial charge in [-0.2, -0.15) is 0 Å². The molecule has 19 heavy (non-hydrogen) atoms. The minimum absolute atomic E-state index is 0.0897. The highest BCUT2D eigenvalue weighted by Crippen LogP contribution is 2.22. The summed E-state index contributed by atoms with van der Waals surface area (Å²) in [6.07, 6.45) is 2.02. The molecule has 1 aliphatic rings. The van der Waals surface area contributed by atoms with Gasteiger partial charge in [-0.1, -0.05) is 0 Å². The molecule has 1 fully saturated rings. The molecule has 1 amide bonds. The molecule has 0 radical (unpaired) electrons. The first-order valence-electron chi connectivity index (χ1n) is 6.34. The van der Waals surface area contributed by atoms with E-state index in [0.29, 0.717) is 23.9 Å². The molecule has 0 N–H and O–H groups in total. The number of carbonyl (C=O) groups is 1. The van der Waals surface area contributed by atoms with Gasteiger partial charge in [-0.15, -0.1) is 11.6 Å². The summed E-state index contributed by atoms with van der Waals surface area (Å²) in [7, 11) is 1.39. The van der Waals surface area contributed by atoms with Crippen LogP contribution in [-0.2, 0) is 0 Å². The van der Waals surface area contributed by atoms with Crippen LogP contribution >= 0.6 is 11.6 Å². The largest absolute Gasteiger partial charge is 0.494 e. The minimum atomic E-state index is -0.462. The van der Waals surface area contributed by atoms with Gasteiger partial charge in [0.15, 0.2) is 11.6 Å². The van der Waals surface area contributed by atoms with Crippen molar-refractivity contribution in [2.24, 2.45) is 5.92 Å². The van der Waals surface area contributed by atoms with Crippen molar-refractivity contribution < 1.29 is 13.9 Å². The quantitative estimate of drug-likeness (QED) is 0.799. The third-order valence-electron chi connectivity index (χ3n) is 3.42. The number of methoxy groups -OCH3 is 1. The van der Waals surface area contributed by atoms with E-state index in [4.69, 9.17) is 16.3 Å². The number of nitrogens with zero attached hydrogens (tertiary/aromatic N) is 1. The molecular weight excluding hydrogens is 269 g/mol. The van der Waals surface area contributed by atoms with E-state index < -0.39 is 5.82 Å². The molecule has 1 heterocycles. The molecule has 3 nitrogen and oxygen atoms in total. The molecule has 1 aromatic carbocycles. The number of hydrogen-bond acceptors (Lipinski definition) is 2. The van der Waals surface area contributed by atoms with Crippen LogP contribution in [0.5, 0.6) is 5.75 Å². The van der Waals surface area contributed by atoms with E-state index in [2.05, 4.69) is 0 Å². The lowest BCUT2D eigenvalue weighted by atomic mass is 9.99. The minimum Gasteiger partial charge on any atom is -0.494 e. The maximum Gasteiger partial charge on any atom is 0.254 e. The van der Waals surface area contributed by atoms with Gasteiger partial charge in [0.05, 0.1) is 7.11 Å². The Labute approximate surface area is 117 Å². The number of alkyl halides is 1. The van der Waals surface area contributed by atoms with Crippen LogP contribution in [0.4, 0.5) is 4.39 Å². The van der Waals surface area contributed by atoms with E-state index >= 15 is 0 Å². The second-order valence-corrected chi connectivity index (χ2v) is 5.07. The van der Waals surface area contributed by atoms with Crippen LogP contribution in [0.2, 0.25) is 0 Å². The Morgan fingerprint density at radius 2 is 2.37 bits per heavy atom. The van der Waals surface area contributed by atoms with Crippen molar-refractivity contribution in [2.45, 2.75) is 12.8 Å². The average Bonchev–Trinajstić information content (AvgIpc) is 2.47. The number of halogens is 2. The number of hydrogen-bond donors (Lipinski definition) is 0. The van der Waals surface area contributed by atoms with Crippen molar-refractivity contribution in [1.29, 1.82) is 0 Å². The summed E-state index contributed by atoms with van der Waals surface area (Å²) in [5.41, 5.74) is 0.452. The summed E-state index contributed by atoms with van der Waals surface area (Å²) in [6, 6.07) is 4.20. The van der Waals surface area contributed by atoms with Gasteiger partial charge < -0.3 is 9.64 Å².